The molecule has 0 atom stereocenters. The third-order valence-electron chi connectivity index (χ3n) is 6.69. The molecule has 1 saturated carbocycles. The molecule has 1 saturated heterocycles. The summed E-state index contributed by atoms with van der Waals surface area (Å²) in [6.45, 7) is 1.55. The molecule has 36 heavy (non-hydrogen) atoms. The van der Waals surface area contributed by atoms with Crippen molar-refractivity contribution in [3.05, 3.63) is 72.6 Å². The molecule has 0 spiro atoms. The van der Waals surface area contributed by atoms with Gasteiger partial charge in [-0.15, -0.1) is 5.10 Å². The van der Waals surface area contributed by atoms with E-state index in [0.717, 1.165) is 61.3 Å². The minimum Gasteiger partial charge on any atom is -0.489 e. The number of amides is 1. The van der Waals surface area contributed by atoms with Gasteiger partial charge in [-0.3, -0.25) is 20.5 Å². The molecule has 0 radical (unpaired) electrons. The fraction of sp³-hybridized carbons (Fsp3) is 0.296. The zero-order valence-electron chi connectivity index (χ0n) is 19.8. The van der Waals surface area contributed by atoms with Crippen molar-refractivity contribution in [1.82, 2.24) is 24.5 Å². The van der Waals surface area contributed by atoms with Crippen molar-refractivity contribution in [2.24, 2.45) is 5.92 Å². The van der Waals surface area contributed by atoms with Crippen LogP contribution in [0.3, 0.4) is 0 Å². The van der Waals surface area contributed by atoms with Crippen LogP contribution in [0.1, 0.15) is 31.2 Å². The van der Waals surface area contributed by atoms with Crippen LogP contribution in [0.15, 0.2) is 67.0 Å². The second-order valence-corrected chi connectivity index (χ2v) is 9.30. The Balaban J connectivity index is 1.12. The highest BCUT2D eigenvalue weighted by Gasteiger charge is 2.30. The maximum atomic E-state index is 12.1. The lowest BCUT2D eigenvalue weighted by atomic mass is 10.0. The molecule has 6 rings (SSSR count). The molecule has 2 fully saturated rings. The standard InChI is InChI=1S/C27H27N7O2/c28-25(33-15-12-21(13-16-33)36-22-3-2-14-29-17-22)19-8-6-18(7-9-19)23-4-1-5-24-30-27(32-34(23)24)31-26(35)20-10-11-20/h1-9,14,17,20-21,28H,10-13,15-16H2,(H,31,32,35). The first-order valence-corrected chi connectivity index (χ1v) is 12.3. The van der Waals surface area contributed by atoms with Crippen molar-refractivity contribution < 1.29 is 9.53 Å². The molecule has 1 aliphatic carbocycles. The number of amidine groups is 1. The normalized spacial score (nSPS) is 16.2. The summed E-state index contributed by atoms with van der Waals surface area (Å²) in [5, 5.41) is 16.1. The van der Waals surface area contributed by atoms with E-state index in [1.807, 2.05) is 54.6 Å². The van der Waals surface area contributed by atoms with Gasteiger partial charge in [-0.2, -0.15) is 4.98 Å². The van der Waals surface area contributed by atoms with Gasteiger partial charge in [0.2, 0.25) is 11.9 Å². The number of carbonyl (C=O) groups excluding carboxylic acids is 1. The molecule has 2 aliphatic rings. The number of rotatable bonds is 6. The van der Waals surface area contributed by atoms with Gasteiger partial charge < -0.3 is 9.64 Å². The number of ether oxygens (including phenoxy) is 1. The highest BCUT2D eigenvalue weighted by atomic mass is 16.5. The fourth-order valence-electron chi connectivity index (χ4n) is 4.52. The summed E-state index contributed by atoms with van der Waals surface area (Å²) in [4.78, 5) is 22.8. The lowest BCUT2D eigenvalue weighted by Crippen LogP contribution is -2.41. The Bertz CT molecular complexity index is 1390. The molecular formula is C27H27N7O2. The number of nitrogens with one attached hydrogen (secondary N) is 2. The summed E-state index contributed by atoms with van der Waals surface area (Å²) in [5.74, 6) is 1.72. The van der Waals surface area contributed by atoms with Crippen LogP contribution in [0, 0.1) is 11.3 Å². The molecule has 9 heteroatoms. The number of pyridine rings is 2. The van der Waals surface area contributed by atoms with Crippen LogP contribution >= 0.6 is 0 Å². The Morgan fingerprint density at radius 3 is 2.53 bits per heavy atom. The molecule has 3 aromatic heterocycles. The topological polar surface area (TPSA) is 108 Å². The van der Waals surface area contributed by atoms with E-state index < -0.39 is 0 Å². The highest BCUT2D eigenvalue weighted by molar-refractivity contribution is 5.97. The number of hydrogen-bond donors (Lipinski definition) is 2. The first-order chi connectivity index (χ1) is 17.6. The quantitative estimate of drug-likeness (QED) is 0.318. The van der Waals surface area contributed by atoms with Gasteiger partial charge in [0, 0.05) is 49.2 Å². The fourth-order valence-corrected chi connectivity index (χ4v) is 4.52. The molecule has 0 bridgehead atoms. The SMILES string of the molecule is N=C(c1ccc(-c2cccc3nc(NC(=O)C4CC4)nn23)cc1)N1CCC(Oc2cccnc2)CC1. The number of carbonyl (C=O) groups is 1. The Morgan fingerprint density at radius 1 is 1.00 bits per heavy atom. The Labute approximate surface area is 208 Å². The van der Waals surface area contributed by atoms with Crippen LogP contribution in [0.25, 0.3) is 16.9 Å². The molecular weight excluding hydrogens is 454 g/mol. The lowest BCUT2D eigenvalue weighted by molar-refractivity contribution is -0.117. The highest BCUT2D eigenvalue weighted by Crippen LogP contribution is 2.30. The van der Waals surface area contributed by atoms with Gasteiger partial charge in [0.05, 0.1) is 11.9 Å². The lowest BCUT2D eigenvalue weighted by Gasteiger charge is -2.33. The maximum Gasteiger partial charge on any atom is 0.249 e. The minimum absolute atomic E-state index is 0.0111. The van der Waals surface area contributed by atoms with E-state index in [0.29, 0.717) is 17.4 Å². The number of likely N-dealkylation sites (tertiary alicyclic amines) is 1. The average Bonchev–Trinajstić information content (AvgIpc) is 3.69. The summed E-state index contributed by atoms with van der Waals surface area (Å²) in [7, 11) is 0. The van der Waals surface area contributed by atoms with Crippen LogP contribution in [-0.2, 0) is 4.79 Å². The van der Waals surface area contributed by atoms with E-state index in [2.05, 4.69) is 25.3 Å². The van der Waals surface area contributed by atoms with Crippen molar-refractivity contribution >= 4 is 23.3 Å². The van der Waals surface area contributed by atoms with Gasteiger partial charge in [-0.1, -0.05) is 30.3 Å². The summed E-state index contributed by atoms with van der Waals surface area (Å²) in [6.07, 6.45) is 7.21. The third-order valence-corrected chi connectivity index (χ3v) is 6.69. The average molecular weight is 482 g/mol. The van der Waals surface area contributed by atoms with Crippen molar-refractivity contribution in [1.29, 1.82) is 5.41 Å². The number of aromatic nitrogens is 4. The predicted molar refractivity (Wildman–Crippen MR) is 136 cm³/mol. The number of fused-ring (bicyclic) bond motifs is 1. The zero-order chi connectivity index (χ0) is 24.5. The zero-order valence-corrected chi connectivity index (χ0v) is 19.8. The van der Waals surface area contributed by atoms with Crippen molar-refractivity contribution in [3.63, 3.8) is 0 Å². The number of nitrogens with zero attached hydrogens (tertiary/aromatic N) is 5. The number of benzene rings is 1. The van der Waals surface area contributed by atoms with E-state index in [9.17, 15) is 4.79 Å². The third kappa shape index (κ3) is 4.64. The van der Waals surface area contributed by atoms with Gasteiger partial charge in [-0.25, -0.2) is 4.52 Å². The number of piperidine rings is 1. The van der Waals surface area contributed by atoms with Crippen LogP contribution in [0.4, 0.5) is 5.95 Å². The minimum atomic E-state index is -0.0111. The number of anilines is 1. The largest absolute Gasteiger partial charge is 0.489 e. The van der Waals surface area contributed by atoms with Gasteiger partial charge in [0.25, 0.3) is 0 Å². The molecule has 0 unspecified atom stereocenters. The Morgan fingerprint density at radius 2 is 1.81 bits per heavy atom. The van der Waals surface area contributed by atoms with Gasteiger partial charge >= 0.3 is 0 Å². The summed E-state index contributed by atoms with van der Waals surface area (Å²) >= 11 is 0. The predicted octanol–water partition coefficient (Wildman–Crippen LogP) is 4.01. The Hall–Kier alpha value is -4.27. The molecule has 4 heterocycles. The first kappa shape index (κ1) is 22.2. The number of hydrogen-bond acceptors (Lipinski definition) is 6. The molecule has 1 aromatic carbocycles. The van der Waals surface area contributed by atoms with Gasteiger partial charge in [0.15, 0.2) is 5.65 Å². The summed E-state index contributed by atoms with van der Waals surface area (Å²) < 4.78 is 7.78. The van der Waals surface area contributed by atoms with Crippen LogP contribution < -0.4 is 10.1 Å². The first-order valence-electron chi connectivity index (χ1n) is 12.3. The van der Waals surface area contributed by atoms with E-state index in [1.165, 1.54) is 0 Å². The second-order valence-electron chi connectivity index (χ2n) is 9.30. The van der Waals surface area contributed by atoms with E-state index in [-0.39, 0.29) is 17.9 Å². The van der Waals surface area contributed by atoms with E-state index in [1.54, 1.807) is 16.9 Å². The van der Waals surface area contributed by atoms with E-state index >= 15 is 0 Å². The van der Waals surface area contributed by atoms with E-state index in [4.69, 9.17) is 10.1 Å². The molecule has 4 aromatic rings. The molecule has 182 valence electrons. The van der Waals surface area contributed by atoms with Gasteiger partial charge in [0.1, 0.15) is 17.7 Å². The second kappa shape index (κ2) is 9.41. The molecule has 1 amide bonds. The summed E-state index contributed by atoms with van der Waals surface area (Å²) in [6, 6.07) is 17.5. The van der Waals surface area contributed by atoms with Gasteiger partial charge in [-0.05, 0) is 37.1 Å². The monoisotopic (exact) mass is 481 g/mol. The smallest absolute Gasteiger partial charge is 0.249 e. The van der Waals surface area contributed by atoms with Crippen molar-refractivity contribution in [2.45, 2.75) is 31.8 Å². The maximum absolute atomic E-state index is 12.1. The van der Waals surface area contributed by atoms with Crippen LogP contribution in [-0.4, -0.2) is 55.4 Å². The van der Waals surface area contributed by atoms with Crippen LogP contribution in [0.2, 0.25) is 0 Å². The Kier molecular flexibility index (Phi) is 5.80. The van der Waals surface area contributed by atoms with Crippen molar-refractivity contribution in [3.8, 4) is 17.0 Å². The summed E-state index contributed by atoms with van der Waals surface area (Å²) in [5.41, 5.74) is 3.38. The van der Waals surface area contributed by atoms with Crippen LogP contribution in [0.5, 0.6) is 5.75 Å². The van der Waals surface area contributed by atoms with Crippen molar-refractivity contribution in [2.75, 3.05) is 18.4 Å². The molecule has 2 N–H and O–H groups in total. The molecule has 1 aliphatic heterocycles. The molecule has 9 nitrogen and oxygen atoms in total.